The lowest BCUT2D eigenvalue weighted by molar-refractivity contribution is -0.155. The molecule has 0 aromatic carbocycles. The van der Waals surface area contributed by atoms with E-state index in [9.17, 15) is 9.59 Å². The number of unbranched alkanes of at least 4 members (excludes halogenated alkanes) is 2. The van der Waals surface area contributed by atoms with E-state index in [1.165, 1.54) is 43.4 Å². The highest BCUT2D eigenvalue weighted by Gasteiger charge is 2.72. The Balaban J connectivity index is 1.42. The van der Waals surface area contributed by atoms with E-state index in [-0.39, 0.29) is 17.4 Å². The molecule has 166 valence electrons. The van der Waals surface area contributed by atoms with E-state index >= 15 is 0 Å². The Morgan fingerprint density at radius 2 is 1.87 bits per heavy atom. The maximum Gasteiger partial charge on any atom is 0.417 e. The van der Waals surface area contributed by atoms with Crippen molar-refractivity contribution in [2.75, 3.05) is 6.54 Å². The fourth-order valence-corrected chi connectivity index (χ4v) is 8.53. The third-order valence-electron chi connectivity index (χ3n) is 10.2. The summed E-state index contributed by atoms with van der Waals surface area (Å²) >= 11 is 0. The molecular weight excluding hydrogens is 374 g/mol. The number of hydrogen-bond donors (Lipinski definition) is 0. The van der Waals surface area contributed by atoms with Crippen molar-refractivity contribution >= 4 is 12.0 Å². The molecule has 30 heavy (non-hydrogen) atoms. The second-order valence-corrected chi connectivity index (χ2v) is 11.3. The molecule has 4 fully saturated rings. The predicted octanol–water partition coefficient (Wildman–Crippen LogP) is 6.25. The van der Waals surface area contributed by atoms with Crippen LogP contribution in [0.1, 0.15) is 97.8 Å². The lowest BCUT2D eigenvalue weighted by Gasteiger charge is -2.58. The van der Waals surface area contributed by atoms with Gasteiger partial charge in [0, 0.05) is 12.0 Å². The van der Waals surface area contributed by atoms with Gasteiger partial charge in [0.2, 0.25) is 0 Å². The first-order valence-electron chi connectivity index (χ1n) is 12.6. The van der Waals surface area contributed by atoms with Gasteiger partial charge in [-0.25, -0.2) is 9.69 Å². The van der Waals surface area contributed by atoms with E-state index in [4.69, 9.17) is 4.74 Å². The quantitative estimate of drug-likeness (QED) is 0.404. The minimum Gasteiger partial charge on any atom is -0.432 e. The molecule has 5 aliphatic rings. The van der Waals surface area contributed by atoms with Gasteiger partial charge in [0.15, 0.2) is 5.60 Å². The first-order valence-corrected chi connectivity index (χ1v) is 12.6. The van der Waals surface area contributed by atoms with Gasteiger partial charge in [0.05, 0.1) is 0 Å². The number of hydrogen-bond acceptors (Lipinski definition) is 3. The Hall–Kier alpha value is -1.32. The van der Waals surface area contributed by atoms with Gasteiger partial charge >= 0.3 is 6.09 Å². The molecule has 0 aromatic rings. The van der Waals surface area contributed by atoms with Gasteiger partial charge in [-0.2, -0.15) is 0 Å². The number of nitrogens with zero attached hydrogens (tertiary/aromatic N) is 1. The molecule has 1 aliphatic heterocycles. The molecule has 0 aromatic heterocycles. The van der Waals surface area contributed by atoms with Crippen LogP contribution in [-0.4, -0.2) is 29.0 Å². The van der Waals surface area contributed by atoms with E-state index in [0.29, 0.717) is 23.8 Å². The highest BCUT2D eigenvalue weighted by molar-refractivity contribution is 6.03. The zero-order valence-electron chi connectivity index (χ0n) is 19.2. The molecule has 1 heterocycles. The monoisotopic (exact) mass is 413 g/mol. The Bertz CT molecular complexity index is 774. The normalized spacial score (nSPS) is 45.1. The number of rotatable bonds is 4. The van der Waals surface area contributed by atoms with Crippen LogP contribution in [0.3, 0.4) is 0 Å². The van der Waals surface area contributed by atoms with Crippen LogP contribution in [-0.2, 0) is 9.53 Å². The minimum absolute atomic E-state index is 0.0210. The van der Waals surface area contributed by atoms with Crippen LogP contribution in [0.25, 0.3) is 0 Å². The SMILES string of the molecule is CCCCCN1C(=O)O[C@@]2(CC[C@H]3[C@@H]4CCC5=CCCC[C@]5(C)[C@H]4CC[C@@]32C)C1=O. The first-order chi connectivity index (χ1) is 14.4. The lowest BCUT2D eigenvalue weighted by Crippen LogP contribution is -2.57. The second-order valence-electron chi connectivity index (χ2n) is 11.3. The number of fused-ring (bicyclic) bond motifs is 6. The van der Waals surface area contributed by atoms with Crippen molar-refractivity contribution in [1.82, 2.24) is 4.90 Å². The van der Waals surface area contributed by atoms with Crippen LogP contribution >= 0.6 is 0 Å². The van der Waals surface area contributed by atoms with Gasteiger partial charge in [-0.1, -0.05) is 45.3 Å². The predicted molar refractivity (Wildman–Crippen MR) is 117 cm³/mol. The maximum atomic E-state index is 13.6. The Labute approximate surface area is 181 Å². The van der Waals surface area contributed by atoms with Crippen molar-refractivity contribution in [1.29, 1.82) is 0 Å². The van der Waals surface area contributed by atoms with E-state index in [1.807, 2.05) is 0 Å². The van der Waals surface area contributed by atoms with Crippen LogP contribution in [0.15, 0.2) is 11.6 Å². The molecule has 5 rings (SSSR count). The Morgan fingerprint density at radius 3 is 2.67 bits per heavy atom. The van der Waals surface area contributed by atoms with Crippen molar-refractivity contribution in [3.05, 3.63) is 11.6 Å². The van der Waals surface area contributed by atoms with Gasteiger partial charge in [-0.15, -0.1) is 0 Å². The molecule has 6 atom stereocenters. The van der Waals surface area contributed by atoms with Gasteiger partial charge in [-0.05, 0) is 87.4 Å². The fourth-order valence-electron chi connectivity index (χ4n) is 8.53. The first kappa shape index (κ1) is 20.6. The smallest absolute Gasteiger partial charge is 0.417 e. The fraction of sp³-hybridized carbons (Fsp3) is 0.846. The molecule has 2 amide bonds. The molecule has 0 unspecified atom stereocenters. The zero-order valence-corrected chi connectivity index (χ0v) is 19.2. The highest BCUT2D eigenvalue weighted by atomic mass is 16.6. The molecule has 1 saturated heterocycles. The maximum absolute atomic E-state index is 13.6. The molecule has 4 aliphatic carbocycles. The summed E-state index contributed by atoms with van der Waals surface area (Å²) in [5.74, 6) is 1.89. The van der Waals surface area contributed by atoms with E-state index < -0.39 is 5.60 Å². The molecule has 0 radical (unpaired) electrons. The summed E-state index contributed by atoms with van der Waals surface area (Å²) in [4.78, 5) is 27.8. The van der Waals surface area contributed by atoms with Crippen LogP contribution < -0.4 is 0 Å². The molecule has 4 nitrogen and oxygen atoms in total. The molecule has 0 bridgehead atoms. The second kappa shape index (κ2) is 7.10. The summed E-state index contributed by atoms with van der Waals surface area (Å²) in [6, 6.07) is 0. The van der Waals surface area contributed by atoms with Gasteiger partial charge in [0.1, 0.15) is 0 Å². The zero-order chi connectivity index (χ0) is 21.1. The van der Waals surface area contributed by atoms with Crippen molar-refractivity contribution < 1.29 is 14.3 Å². The average Bonchev–Trinajstić information content (AvgIpc) is 3.16. The summed E-state index contributed by atoms with van der Waals surface area (Å²) in [5.41, 5.74) is 0.986. The number of amides is 2. The number of imide groups is 1. The summed E-state index contributed by atoms with van der Waals surface area (Å²) in [7, 11) is 0. The number of carbonyl (C=O) groups is 2. The molecule has 4 heteroatoms. The topological polar surface area (TPSA) is 46.6 Å². The van der Waals surface area contributed by atoms with E-state index in [0.717, 1.165) is 44.4 Å². The number of allylic oxidation sites excluding steroid dienone is 2. The van der Waals surface area contributed by atoms with Crippen molar-refractivity contribution in [2.45, 2.75) is 103 Å². The van der Waals surface area contributed by atoms with Crippen LogP contribution in [0.5, 0.6) is 0 Å². The van der Waals surface area contributed by atoms with Gasteiger partial charge in [0.25, 0.3) is 5.91 Å². The number of ether oxygens (including phenoxy) is 1. The largest absolute Gasteiger partial charge is 0.432 e. The van der Waals surface area contributed by atoms with Crippen molar-refractivity contribution in [3.8, 4) is 0 Å². The third-order valence-corrected chi connectivity index (χ3v) is 10.2. The molecule has 0 N–H and O–H groups in total. The van der Waals surface area contributed by atoms with E-state index in [1.54, 1.807) is 5.57 Å². The minimum atomic E-state index is -0.893. The van der Waals surface area contributed by atoms with Crippen LogP contribution in [0, 0.1) is 28.6 Å². The lowest BCUT2D eigenvalue weighted by atomic mass is 9.46. The van der Waals surface area contributed by atoms with Crippen molar-refractivity contribution in [3.63, 3.8) is 0 Å². The van der Waals surface area contributed by atoms with E-state index in [2.05, 4.69) is 26.8 Å². The highest BCUT2D eigenvalue weighted by Crippen LogP contribution is 2.69. The Kier molecular flexibility index (Phi) is 4.87. The molecule has 3 saturated carbocycles. The average molecular weight is 414 g/mol. The molecule has 1 spiro atoms. The number of carbonyl (C=O) groups excluding carboxylic acids is 2. The van der Waals surface area contributed by atoms with Crippen LogP contribution in [0.2, 0.25) is 0 Å². The summed E-state index contributed by atoms with van der Waals surface area (Å²) < 4.78 is 6.08. The summed E-state index contributed by atoms with van der Waals surface area (Å²) in [6.45, 7) is 7.48. The van der Waals surface area contributed by atoms with Gasteiger partial charge in [-0.3, -0.25) is 4.79 Å². The summed E-state index contributed by atoms with van der Waals surface area (Å²) in [6.07, 6.45) is 15.5. The standard InChI is InChI=1S/C26H39NO3/c1-4-5-8-17-27-22(28)26(30-23(27)29)16-13-21-19-11-10-18-9-6-7-14-24(18,2)20(19)12-15-25(21,26)3/h9,19-21H,4-8,10-17H2,1-3H3/t19-,20+,21+,24+,25+,26+/m1/s1. The van der Waals surface area contributed by atoms with Gasteiger partial charge < -0.3 is 4.74 Å². The summed E-state index contributed by atoms with van der Waals surface area (Å²) in [5, 5.41) is 0. The third kappa shape index (κ3) is 2.57. The van der Waals surface area contributed by atoms with Crippen LogP contribution in [0.4, 0.5) is 4.79 Å². The Morgan fingerprint density at radius 1 is 1.07 bits per heavy atom. The van der Waals surface area contributed by atoms with Crippen molar-refractivity contribution in [2.24, 2.45) is 28.6 Å². The molecular formula is C26H39NO3.